The Hall–Kier alpha value is -4.01. The van der Waals surface area contributed by atoms with Crippen LogP contribution < -0.4 is 29.3 Å². The van der Waals surface area contributed by atoms with Crippen LogP contribution in [0.5, 0.6) is 17.2 Å². The summed E-state index contributed by atoms with van der Waals surface area (Å²) in [5.41, 5.74) is 0.658. The van der Waals surface area contributed by atoms with Crippen LogP contribution in [0, 0.1) is 11.8 Å². The Bertz CT molecular complexity index is 1590. The summed E-state index contributed by atoms with van der Waals surface area (Å²) in [4.78, 5) is 44.7. The van der Waals surface area contributed by atoms with E-state index < -0.39 is 0 Å². The molecule has 2 aliphatic rings. The average molecular weight is 755 g/mol. The third-order valence-electron chi connectivity index (χ3n) is 8.02. The second-order valence-electron chi connectivity index (χ2n) is 11.3. The molecular weight excluding hydrogens is 713 g/mol. The van der Waals surface area contributed by atoms with Crippen LogP contribution in [0.4, 0.5) is 23.3 Å². The normalized spacial score (nSPS) is 17.2. The highest BCUT2D eigenvalue weighted by Gasteiger charge is 2.30. The van der Waals surface area contributed by atoms with Gasteiger partial charge in [-0.1, -0.05) is 23.2 Å². The molecule has 50 heavy (non-hydrogen) atoms. The summed E-state index contributed by atoms with van der Waals surface area (Å²) in [5.74, 6) is 2.31. The first-order chi connectivity index (χ1) is 24.1. The number of nitrogens with zero attached hydrogens (tertiary/aromatic N) is 6. The molecule has 5 rings (SSSR count). The lowest BCUT2D eigenvalue weighted by Gasteiger charge is -2.32. The number of halogens is 3. The quantitative estimate of drug-likeness (QED) is 0.174. The fourth-order valence-electron chi connectivity index (χ4n) is 5.73. The lowest BCUT2D eigenvalue weighted by Crippen LogP contribution is -2.40. The van der Waals surface area contributed by atoms with E-state index in [0.29, 0.717) is 76.9 Å². The van der Waals surface area contributed by atoms with Crippen molar-refractivity contribution < 1.29 is 33.3 Å². The third kappa shape index (κ3) is 10.0. The van der Waals surface area contributed by atoms with Crippen molar-refractivity contribution in [3.8, 4) is 17.2 Å². The smallest absolute Gasteiger partial charge is 0.310 e. The number of carbonyl (C=O) groups is 2. The van der Waals surface area contributed by atoms with E-state index in [9.17, 15) is 9.59 Å². The van der Waals surface area contributed by atoms with Gasteiger partial charge in [-0.2, -0.15) is 9.97 Å². The highest BCUT2D eigenvalue weighted by atomic mass is 35.5. The Labute approximate surface area is 306 Å². The summed E-state index contributed by atoms with van der Waals surface area (Å²) in [5, 5.41) is 4.16. The highest BCUT2D eigenvalue weighted by molar-refractivity contribution is 6.33. The van der Waals surface area contributed by atoms with Gasteiger partial charge in [0.1, 0.15) is 10.0 Å². The molecule has 14 nitrogen and oxygen atoms in total. The Morgan fingerprint density at radius 3 is 1.76 bits per heavy atom. The van der Waals surface area contributed by atoms with Gasteiger partial charge in [0.15, 0.2) is 23.1 Å². The monoisotopic (exact) mass is 753 g/mol. The van der Waals surface area contributed by atoms with Gasteiger partial charge in [-0.3, -0.25) is 9.59 Å². The first-order valence-corrected chi connectivity index (χ1v) is 17.4. The molecule has 272 valence electrons. The number of anilines is 4. The predicted octanol–water partition coefficient (Wildman–Crippen LogP) is 6.24. The molecule has 2 aliphatic heterocycles. The molecule has 1 N–H and O–H groups in total. The number of rotatable bonds is 11. The van der Waals surface area contributed by atoms with Gasteiger partial charge in [-0.15, -0.1) is 0 Å². The van der Waals surface area contributed by atoms with Gasteiger partial charge in [0, 0.05) is 44.0 Å². The van der Waals surface area contributed by atoms with E-state index in [1.54, 1.807) is 47.3 Å². The molecule has 0 radical (unpaired) electrons. The Morgan fingerprint density at radius 2 is 1.28 bits per heavy atom. The van der Waals surface area contributed by atoms with Crippen molar-refractivity contribution >= 4 is 70.0 Å². The molecule has 0 saturated carbocycles. The molecular formula is C33H42Cl3N7O7. The number of hydrogen-bond donors (Lipinski definition) is 1. The van der Waals surface area contributed by atoms with Crippen LogP contribution in [0.25, 0.3) is 0 Å². The molecule has 0 unspecified atom stereocenters. The van der Waals surface area contributed by atoms with Crippen molar-refractivity contribution in [1.29, 1.82) is 0 Å². The van der Waals surface area contributed by atoms with E-state index in [1.165, 1.54) is 12.4 Å². The minimum Gasteiger partial charge on any atom is -0.493 e. The zero-order chi connectivity index (χ0) is 36.2. The number of aromatic nitrogens is 4. The maximum absolute atomic E-state index is 12.2. The first-order valence-electron chi connectivity index (χ1n) is 16.2. The highest BCUT2D eigenvalue weighted by Crippen LogP contribution is 2.40. The van der Waals surface area contributed by atoms with Crippen molar-refractivity contribution in [1.82, 2.24) is 19.9 Å². The van der Waals surface area contributed by atoms with Crippen LogP contribution in [0.2, 0.25) is 15.3 Å². The number of hydrogen-bond acceptors (Lipinski definition) is 14. The van der Waals surface area contributed by atoms with E-state index in [-0.39, 0.29) is 29.1 Å². The van der Waals surface area contributed by atoms with Crippen molar-refractivity contribution in [2.75, 3.05) is 75.8 Å². The van der Waals surface area contributed by atoms with Crippen molar-refractivity contribution in [3.05, 3.63) is 39.9 Å². The summed E-state index contributed by atoms with van der Waals surface area (Å²) in [7, 11) is 4.65. The van der Waals surface area contributed by atoms with Crippen LogP contribution in [0.3, 0.4) is 0 Å². The standard InChI is InChI=1S/C21H27ClN4O5.C12H15Cl2N3O2/c1-5-31-20(27)13-7-6-8-26(12-13)19-15(22)11-23-21(25-19)24-14-9-16(28-2)18(30-4)17(10-14)29-3;1-2-19-11(18)8-4-3-5-17(7-8)10-9(13)6-15-12(14)16-10/h9-11,13H,5-8,12H2,1-4H3,(H,23,24,25);6,8H,2-5,7H2,1H3/t13-;8-/m00/s1. The minimum absolute atomic E-state index is 0.140. The maximum atomic E-state index is 12.2. The van der Waals surface area contributed by atoms with E-state index >= 15 is 0 Å². The molecule has 3 aromatic rings. The number of benzene rings is 1. The summed E-state index contributed by atoms with van der Waals surface area (Å²) < 4.78 is 26.4. The van der Waals surface area contributed by atoms with Gasteiger partial charge in [-0.05, 0) is 51.1 Å². The van der Waals surface area contributed by atoms with E-state index in [1.807, 2.05) is 9.80 Å². The van der Waals surface area contributed by atoms with Crippen LogP contribution in [-0.2, 0) is 19.1 Å². The topological polar surface area (TPSA) is 150 Å². The number of methoxy groups -OCH3 is 3. The molecule has 0 aliphatic carbocycles. The predicted molar refractivity (Wildman–Crippen MR) is 192 cm³/mol. The van der Waals surface area contributed by atoms with Gasteiger partial charge >= 0.3 is 11.9 Å². The molecule has 2 aromatic heterocycles. The SMILES string of the molecule is CCOC(=O)[C@H]1CCCN(c2nc(Cl)ncc2Cl)C1.CCOC(=O)[C@H]1CCCN(c2nc(Nc3cc(OC)c(OC)c(OC)c3)ncc2Cl)C1. The molecule has 1 aromatic carbocycles. The zero-order valence-electron chi connectivity index (χ0n) is 28.7. The first kappa shape index (κ1) is 38.8. The third-order valence-corrected chi connectivity index (χ3v) is 8.74. The fourth-order valence-corrected chi connectivity index (χ4v) is 6.28. The van der Waals surface area contributed by atoms with Crippen LogP contribution >= 0.6 is 34.8 Å². The second-order valence-corrected chi connectivity index (χ2v) is 12.4. The fraction of sp³-hybridized carbons (Fsp3) is 0.515. The van der Waals surface area contributed by atoms with Crippen LogP contribution in [0.15, 0.2) is 24.5 Å². The minimum atomic E-state index is -0.203. The van der Waals surface area contributed by atoms with Gasteiger partial charge in [0.2, 0.25) is 17.0 Å². The Balaban J connectivity index is 0.000000252. The molecule has 17 heteroatoms. The van der Waals surface area contributed by atoms with Crippen LogP contribution in [-0.4, -0.2) is 92.6 Å². The molecule has 0 bridgehead atoms. The Kier molecular flexibility index (Phi) is 14.6. The summed E-state index contributed by atoms with van der Waals surface area (Å²) in [6, 6.07) is 3.52. The van der Waals surface area contributed by atoms with Crippen molar-refractivity contribution in [3.63, 3.8) is 0 Å². The molecule has 0 spiro atoms. The summed E-state index contributed by atoms with van der Waals surface area (Å²) >= 11 is 18.3. The summed E-state index contributed by atoms with van der Waals surface area (Å²) in [6.07, 6.45) is 6.36. The number of nitrogens with one attached hydrogen (secondary N) is 1. The number of piperidine rings is 2. The van der Waals surface area contributed by atoms with Gasteiger partial charge in [-0.25, -0.2) is 9.97 Å². The van der Waals surface area contributed by atoms with Crippen molar-refractivity contribution in [2.45, 2.75) is 39.5 Å². The van der Waals surface area contributed by atoms with Crippen LogP contribution in [0.1, 0.15) is 39.5 Å². The maximum Gasteiger partial charge on any atom is 0.310 e. The van der Waals surface area contributed by atoms with E-state index in [4.69, 9.17) is 58.5 Å². The Morgan fingerprint density at radius 1 is 0.780 bits per heavy atom. The van der Waals surface area contributed by atoms with Gasteiger partial charge < -0.3 is 38.8 Å². The number of esters is 2. The zero-order valence-corrected chi connectivity index (χ0v) is 31.0. The lowest BCUT2D eigenvalue weighted by molar-refractivity contribution is -0.149. The van der Waals surface area contributed by atoms with E-state index in [2.05, 4.69) is 25.3 Å². The molecule has 2 atom stereocenters. The molecule has 2 fully saturated rings. The van der Waals surface area contributed by atoms with Crippen molar-refractivity contribution in [2.24, 2.45) is 11.8 Å². The van der Waals surface area contributed by atoms with E-state index in [0.717, 1.165) is 38.8 Å². The molecule has 0 amide bonds. The van der Waals surface area contributed by atoms with Gasteiger partial charge in [0.25, 0.3) is 0 Å². The number of carbonyl (C=O) groups excluding carboxylic acids is 2. The lowest BCUT2D eigenvalue weighted by atomic mass is 9.98. The molecule has 4 heterocycles. The molecule has 2 saturated heterocycles. The average Bonchev–Trinajstić information content (AvgIpc) is 3.13. The largest absolute Gasteiger partial charge is 0.493 e. The van der Waals surface area contributed by atoms with Gasteiger partial charge in [0.05, 0.1) is 58.8 Å². The number of ether oxygens (including phenoxy) is 5. The summed E-state index contributed by atoms with van der Waals surface area (Å²) in [6.45, 7) is 6.96. The second kappa shape index (κ2) is 18.8.